The Kier molecular flexibility index (Phi) is 5.58. The van der Waals surface area contributed by atoms with Crippen LogP contribution >= 0.6 is 28.1 Å². The number of benzene rings is 1. The largest absolute Gasteiger partial charge is 0.393 e. The average Bonchev–Trinajstić information content (AvgIpc) is 2.25. The Morgan fingerprint density at radius 3 is 2.82 bits per heavy atom. The van der Waals surface area contributed by atoms with Crippen LogP contribution in [0.3, 0.4) is 0 Å². The first-order valence-corrected chi connectivity index (χ1v) is 6.46. The molecule has 2 N–H and O–H groups in total. The van der Waals surface area contributed by atoms with Crippen molar-refractivity contribution in [3.05, 3.63) is 34.3 Å². The molecule has 1 aromatic rings. The van der Waals surface area contributed by atoms with Gasteiger partial charge in [0.15, 0.2) is 0 Å². The Balaban J connectivity index is 2.51. The van der Waals surface area contributed by atoms with E-state index in [0.717, 1.165) is 10.0 Å². The number of nitrogens with zero attached hydrogens (tertiary/aromatic N) is 1. The number of rotatable bonds is 5. The van der Waals surface area contributed by atoms with Crippen LogP contribution in [0.25, 0.3) is 0 Å². The highest BCUT2D eigenvalue weighted by Gasteiger charge is 2.09. The van der Waals surface area contributed by atoms with E-state index in [-0.39, 0.29) is 5.91 Å². The fraction of sp³-hybridized carbons (Fsp3) is 0.333. The van der Waals surface area contributed by atoms with Crippen molar-refractivity contribution >= 4 is 39.0 Å². The third-order valence-corrected chi connectivity index (χ3v) is 3.06. The van der Waals surface area contributed by atoms with E-state index in [2.05, 4.69) is 15.9 Å². The number of likely N-dealkylation sites (N-methyl/N-ethyl adjacent to an activating group) is 1. The van der Waals surface area contributed by atoms with Gasteiger partial charge in [-0.3, -0.25) is 4.79 Å². The van der Waals surface area contributed by atoms with Gasteiger partial charge in [0.05, 0.1) is 11.4 Å². The third-order valence-electron chi connectivity index (χ3n) is 2.36. The van der Waals surface area contributed by atoms with Gasteiger partial charge in [0.2, 0.25) is 5.91 Å². The van der Waals surface area contributed by atoms with Crippen LogP contribution in [0.2, 0.25) is 0 Å². The summed E-state index contributed by atoms with van der Waals surface area (Å²) in [5, 5.41) is 0. The molecule has 0 aliphatic heterocycles. The molecule has 0 unspecified atom stereocenters. The molecule has 3 nitrogen and oxygen atoms in total. The van der Waals surface area contributed by atoms with Crippen LogP contribution in [0.4, 0.5) is 0 Å². The van der Waals surface area contributed by atoms with Crippen molar-refractivity contribution in [2.24, 2.45) is 5.73 Å². The van der Waals surface area contributed by atoms with Crippen molar-refractivity contribution in [1.82, 2.24) is 4.90 Å². The van der Waals surface area contributed by atoms with E-state index in [1.54, 1.807) is 11.9 Å². The summed E-state index contributed by atoms with van der Waals surface area (Å²) < 4.78 is 0.980. The van der Waals surface area contributed by atoms with Crippen molar-refractivity contribution in [2.45, 2.75) is 12.8 Å². The molecule has 0 atom stereocenters. The predicted molar refractivity (Wildman–Crippen MR) is 76.9 cm³/mol. The normalized spacial score (nSPS) is 10.0. The van der Waals surface area contributed by atoms with Gasteiger partial charge >= 0.3 is 0 Å². The molecule has 0 heterocycles. The van der Waals surface area contributed by atoms with E-state index in [1.807, 2.05) is 24.3 Å². The second kappa shape index (κ2) is 6.71. The molecular weight excluding hydrogens is 300 g/mol. The SMILES string of the molecule is CN(CCC(N)=S)C(=O)Cc1cccc(Br)c1. The number of hydrogen-bond donors (Lipinski definition) is 1. The summed E-state index contributed by atoms with van der Waals surface area (Å²) in [7, 11) is 1.76. The summed E-state index contributed by atoms with van der Waals surface area (Å²) in [6, 6.07) is 7.73. The van der Waals surface area contributed by atoms with Crippen LogP contribution in [0.1, 0.15) is 12.0 Å². The lowest BCUT2D eigenvalue weighted by Gasteiger charge is -2.16. The van der Waals surface area contributed by atoms with E-state index in [1.165, 1.54) is 0 Å². The second-order valence-corrected chi connectivity index (χ2v) is 5.28. The minimum atomic E-state index is 0.0688. The molecule has 17 heavy (non-hydrogen) atoms. The molecule has 0 saturated carbocycles. The Morgan fingerprint density at radius 2 is 2.24 bits per heavy atom. The summed E-state index contributed by atoms with van der Waals surface area (Å²) in [4.78, 5) is 14.0. The molecule has 0 saturated heterocycles. The summed E-state index contributed by atoms with van der Waals surface area (Å²) in [6.45, 7) is 0.572. The molecule has 1 rings (SSSR count). The van der Waals surface area contributed by atoms with Crippen LogP contribution in [-0.2, 0) is 11.2 Å². The quantitative estimate of drug-likeness (QED) is 0.847. The van der Waals surface area contributed by atoms with Gasteiger partial charge in [0, 0.05) is 24.5 Å². The van der Waals surface area contributed by atoms with E-state index >= 15 is 0 Å². The summed E-state index contributed by atoms with van der Waals surface area (Å²) >= 11 is 8.16. The van der Waals surface area contributed by atoms with E-state index in [9.17, 15) is 4.79 Å². The third kappa shape index (κ3) is 5.28. The zero-order chi connectivity index (χ0) is 12.8. The lowest BCUT2D eigenvalue weighted by atomic mass is 10.1. The molecular formula is C12H15BrN2OS. The topological polar surface area (TPSA) is 46.3 Å². The van der Waals surface area contributed by atoms with Crippen molar-refractivity contribution in [1.29, 1.82) is 0 Å². The van der Waals surface area contributed by atoms with Gasteiger partial charge in [0.1, 0.15) is 0 Å². The Hall–Kier alpha value is -0.940. The monoisotopic (exact) mass is 314 g/mol. The van der Waals surface area contributed by atoms with Crippen LogP contribution in [0.15, 0.2) is 28.7 Å². The minimum absolute atomic E-state index is 0.0688. The van der Waals surface area contributed by atoms with Gasteiger partial charge in [-0.25, -0.2) is 0 Å². The zero-order valence-electron chi connectivity index (χ0n) is 9.65. The lowest BCUT2D eigenvalue weighted by Crippen LogP contribution is -2.31. The molecule has 0 spiro atoms. The standard InChI is InChI=1S/C12H15BrN2OS/c1-15(6-5-11(14)17)12(16)8-9-3-2-4-10(13)7-9/h2-4,7H,5-6,8H2,1H3,(H2,14,17). The molecule has 0 radical (unpaired) electrons. The van der Waals surface area contributed by atoms with E-state index in [0.29, 0.717) is 24.4 Å². The van der Waals surface area contributed by atoms with E-state index < -0.39 is 0 Å². The number of amides is 1. The van der Waals surface area contributed by atoms with Gasteiger partial charge in [-0.05, 0) is 17.7 Å². The Morgan fingerprint density at radius 1 is 1.53 bits per heavy atom. The average molecular weight is 315 g/mol. The molecule has 0 aromatic heterocycles. The number of halogens is 1. The Bertz CT molecular complexity index is 423. The van der Waals surface area contributed by atoms with Crippen LogP contribution < -0.4 is 5.73 Å². The van der Waals surface area contributed by atoms with Crippen molar-refractivity contribution in [2.75, 3.05) is 13.6 Å². The molecule has 1 amide bonds. The van der Waals surface area contributed by atoms with Crippen LogP contribution in [-0.4, -0.2) is 29.4 Å². The maximum atomic E-state index is 11.9. The number of hydrogen-bond acceptors (Lipinski definition) is 2. The molecule has 0 aliphatic carbocycles. The predicted octanol–water partition coefficient (Wildman–Crippen LogP) is 2.13. The fourth-order valence-electron chi connectivity index (χ4n) is 1.36. The summed E-state index contributed by atoms with van der Waals surface area (Å²) in [5.74, 6) is 0.0688. The molecule has 0 fully saturated rings. The maximum Gasteiger partial charge on any atom is 0.226 e. The highest BCUT2D eigenvalue weighted by atomic mass is 79.9. The zero-order valence-corrected chi connectivity index (χ0v) is 12.1. The van der Waals surface area contributed by atoms with Crippen LogP contribution in [0, 0.1) is 0 Å². The molecule has 92 valence electrons. The highest BCUT2D eigenvalue weighted by Crippen LogP contribution is 2.12. The van der Waals surface area contributed by atoms with Gasteiger partial charge in [0.25, 0.3) is 0 Å². The highest BCUT2D eigenvalue weighted by molar-refractivity contribution is 9.10. The van der Waals surface area contributed by atoms with Gasteiger partial charge in [-0.2, -0.15) is 0 Å². The molecule has 5 heteroatoms. The van der Waals surface area contributed by atoms with Gasteiger partial charge < -0.3 is 10.6 Å². The fourth-order valence-corrected chi connectivity index (χ4v) is 1.90. The maximum absolute atomic E-state index is 11.9. The van der Waals surface area contributed by atoms with Crippen molar-refractivity contribution in [3.8, 4) is 0 Å². The smallest absolute Gasteiger partial charge is 0.226 e. The number of nitrogens with two attached hydrogens (primary N) is 1. The molecule has 1 aromatic carbocycles. The first-order valence-electron chi connectivity index (χ1n) is 5.25. The number of thiocarbonyl (C=S) groups is 1. The van der Waals surface area contributed by atoms with E-state index in [4.69, 9.17) is 18.0 Å². The molecule has 0 aliphatic rings. The second-order valence-electron chi connectivity index (χ2n) is 3.84. The lowest BCUT2D eigenvalue weighted by molar-refractivity contribution is -0.129. The van der Waals surface area contributed by atoms with Crippen molar-refractivity contribution < 1.29 is 4.79 Å². The first-order chi connectivity index (χ1) is 7.99. The number of carbonyl (C=O) groups excluding carboxylic acids is 1. The first kappa shape index (κ1) is 14.1. The van der Waals surface area contributed by atoms with Crippen LogP contribution in [0.5, 0.6) is 0 Å². The van der Waals surface area contributed by atoms with Gasteiger partial charge in [-0.15, -0.1) is 0 Å². The Labute approximate surface area is 115 Å². The molecule has 0 bridgehead atoms. The van der Waals surface area contributed by atoms with Crippen molar-refractivity contribution in [3.63, 3.8) is 0 Å². The number of carbonyl (C=O) groups is 1. The van der Waals surface area contributed by atoms with Gasteiger partial charge in [-0.1, -0.05) is 40.3 Å². The minimum Gasteiger partial charge on any atom is -0.393 e. The summed E-state index contributed by atoms with van der Waals surface area (Å²) in [6.07, 6.45) is 0.962. The summed E-state index contributed by atoms with van der Waals surface area (Å²) in [5.41, 5.74) is 6.39.